The van der Waals surface area contributed by atoms with Gasteiger partial charge in [-0.05, 0) is 61.6 Å². The maximum atomic E-state index is 13.4. The molecule has 7 nitrogen and oxygen atoms in total. The topological polar surface area (TPSA) is 86.8 Å². The third-order valence-corrected chi connectivity index (χ3v) is 7.73. The fraction of sp³-hybridized carbons (Fsp3) is 0.481. The van der Waals surface area contributed by atoms with Gasteiger partial charge in [-0.1, -0.05) is 50.1 Å². The quantitative estimate of drug-likeness (QED) is 0.331. The van der Waals surface area contributed by atoms with Crippen LogP contribution in [0.1, 0.15) is 57.1 Å². The van der Waals surface area contributed by atoms with Gasteiger partial charge in [0.2, 0.25) is 21.8 Å². The Morgan fingerprint density at radius 3 is 2.35 bits per heavy atom. The van der Waals surface area contributed by atoms with Gasteiger partial charge in [-0.2, -0.15) is 0 Å². The highest BCUT2D eigenvalue weighted by Gasteiger charge is 2.29. The lowest BCUT2D eigenvalue weighted by Crippen LogP contribution is -2.49. The van der Waals surface area contributed by atoms with Crippen LogP contribution in [0.15, 0.2) is 42.5 Å². The van der Waals surface area contributed by atoms with Gasteiger partial charge in [0.15, 0.2) is 0 Å². The number of rotatable bonds is 14. The predicted molar refractivity (Wildman–Crippen MR) is 147 cm³/mol. The smallest absolute Gasteiger partial charge is 0.242 e. The molecule has 10 heteroatoms. The van der Waals surface area contributed by atoms with E-state index in [1.165, 1.54) is 21.3 Å². The Hall–Kier alpha value is -2.65. The van der Waals surface area contributed by atoms with Gasteiger partial charge in [0.25, 0.3) is 0 Å². The first-order valence-electron chi connectivity index (χ1n) is 12.5. The Morgan fingerprint density at radius 2 is 1.76 bits per heavy atom. The molecule has 37 heavy (non-hydrogen) atoms. The number of nitrogens with zero attached hydrogens (tertiary/aromatic N) is 2. The van der Waals surface area contributed by atoms with E-state index in [4.69, 9.17) is 11.6 Å². The van der Waals surface area contributed by atoms with Crippen LogP contribution in [0.2, 0.25) is 5.02 Å². The van der Waals surface area contributed by atoms with Gasteiger partial charge in [-0.3, -0.25) is 13.9 Å². The van der Waals surface area contributed by atoms with E-state index in [9.17, 15) is 22.4 Å². The van der Waals surface area contributed by atoms with Crippen molar-refractivity contribution >= 4 is 39.1 Å². The number of hydrogen-bond acceptors (Lipinski definition) is 4. The number of carbonyl (C=O) groups excluding carboxylic acids is 2. The van der Waals surface area contributed by atoms with E-state index in [0.717, 1.165) is 19.1 Å². The minimum absolute atomic E-state index is 0.0333. The van der Waals surface area contributed by atoms with E-state index in [1.807, 2.05) is 13.8 Å². The summed E-state index contributed by atoms with van der Waals surface area (Å²) in [7, 11) is -3.63. The Balaban J connectivity index is 2.22. The molecule has 204 valence electrons. The molecule has 0 saturated heterocycles. The Kier molecular flexibility index (Phi) is 11.8. The number of amides is 2. The normalized spacial score (nSPS) is 12.2. The molecule has 2 aromatic carbocycles. The van der Waals surface area contributed by atoms with Gasteiger partial charge in [0.05, 0.1) is 11.9 Å². The molecular formula is C27H37ClFN3O4S. The Labute approximate surface area is 225 Å². The second-order valence-electron chi connectivity index (χ2n) is 9.04. The van der Waals surface area contributed by atoms with E-state index in [0.29, 0.717) is 34.8 Å². The van der Waals surface area contributed by atoms with Crippen molar-refractivity contribution in [1.82, 2.24) is 10.2 Å². The summed E-state index contributed by atoms with van der Waals surface area (Å²) in [6.45, 7) is 6.35. The summed E-state index contributed by atoms with van der Waals surface area (Å²) in [6, 6.07) is 10.2. The second-order valence-corrected chi connectivity index (χ2v) is 11.4. The number of unbranched alkanes of at least 4 members (excludes halogenated alkanes) is 1. The van der Waals surface area contributed by atoms with E-state index in [2.05, 4.69) is 5.32 Å². The maximum Gasteiger partial charge on any atom is 0.242 e. The van der Waals surface area contributed by atoms with Gasteiger partial charge in [-0.25, -0.2) is 12.8 Å². The summed E-state index contributed by atoms with van der Waals surface area (Å²) in [6.07, 6.45) is 3.56. The largest absolute Gasteiger partial charge is 0.354 e. The van der Waals surface area contributed by atoms with Crippen molar-refractivity contribution in [3.05, 3.63) is 64.4 Å². The predicted octanol–water partition coefficient (Wildman–Crippen LogP) is 5.06. The Morgan fingerprint density at radius 1 is 1.08 bits per heavy atom. The molecule has 0 aliphatic heterocycles. The van der Waals surface area contributed by atoms with Gasteiger partial charge in [0, 0.05) is 31.1 Å². The number of anilines is 1. The summed E-state index contributed by atoms with van der Waals surface area (Å²) < 4.78 is 39.8. The van der Waals surface area contributed by atoms with Crippen LogP contribution < -0.4 is 9.62 Å². The molecule has 0 aliphatic rings. The minimum Gasteiger partial charge on any atom is -0.354 e. The molecule has 1 N–H and O–H groups in total. The molecule has 0 aliphatic carbocycles. The standard InChI is InChI=1S/C27H37ClFN3O4S/c1-5-7-17-30-27(34)24(6-2)31(19-21-13-15-22(29)16-14-21)26(33)12-9-18-32(37(4,35)36)25-11-8-10-23(28)20(25)3/h8,10-11,13-16,24H,5-7,9,12,17-19H2,1-4H3,(H,30,34)/t24-/m1/s1. The van der Waals surface area contributed by atoms with Crippen LogP contribution in [0.3, 0.4) is 0 Å². The molecule has 0 aromatic heterocycles. The average Bonchev–Trinajstić information content (AvgIpc) is 2.84. The Bertz CT molecular complexity index is 1160. The van der Waals surface area contributed by atoms with Crippen LogP contribution in [-0.2, 0) is 26.2 Å². The molecule has 0 radical (unpaired) electrons. The number of carbonyl (C=O) groups is 2. The van der Waals surface area contributed by atoms with E-state index in [-0.39, 0.29) is 43.6 Å². The first kappa shape index (κ1) is 30.6. The van der Waals surface area contributed by atoms with Gasteiger partial charge >= 0.3 is 0 Å². The molecule has 0 spiro atoms. The zero-order valence-electron chi connectivity index (χ0n) is 22.0. The molecule has 0 unspecified atom stereocenters. The summed E-state index contributed by atoms with van der Waals surface area (Å²) >= 11 is 6.20. The molecular weight excluding hydrogens is 517 g/mol. The third kappa shape index (κ3) is 9.00. The highest BCUT2D eigenvalue weighted by atomic mass is 35.5. The molecule has 1 atom stereocenters. The van der Waals surface area contributed by atoms with Gasteiger partial charge in [0.1, 0.15) is 11.9 Å². The lowest BCUT2D eigenvalue weighted by atomic mass is 10.1. The average molecular weight is 554 g/mol. The van der Waals surface area contributed by atoms with Gasteiger partial charge < -0.3 is 10.2 Å². The summed E-state index contributed by atoms with van der Waals surface area (Å²) in [4.78, 5) is 27.9. The van der Waals surface area contributed by atoms with Crippen LogP contribution >= 0.6 is 11.6 Å². The first-order chi connectivity index (χ1) is 17.5. The second kappa shape index (κ2) is 14.3. The highest BCUT2D eigenvalue weighted by Crippen LogP contribution is 2.28. The number of halogens is 2. The third-order valence-electron chi connectivity index (χ3n) is 6.14. The van der Waals surface area contributed by atoms with Crippen LogP contribution in [0.25, 0.3) is 0 Å². The fourth-order valence-corrected chi connectivity index (χ4v) is 5.25. The molecule has 0 heterocycles. The van der Waals surface area contributed by atoms with Crippen molar-refractivity contribution in [2.45, 2.75) is 65.5 Å². The van der Waals surface area contributed by atoms with Crippen LogP contribution in [0.4, 0.5) is 10.1 Å². The van der Waals surface area contributed by atoms with Crippen molar-refractivity contribution < 1.29 is 22.4 Å². The van der Waals surface area contributed by atoms with E-state index in [1.54, 1.807) is 37.3 Å². The fourth-order valence-electron chi connectivity index (χ4n) is 4.06. The van der Waals surface area contributed by atoms with E-state index < -0.39 is 16.1 Å². The number of sulfonamides is 1. The molecule has 2 rings (SSSR count). The van der Waals surface area contributed by atoms with Crippen LogP contribution in [0, 0.1) is 12.7 Å². The van der Waals surface area contributed by atoms with Crippen molar-refractivity contribution in [3.8, 4) is 0 Å². The lowest BCUT2D eigenvalue weighted by molar-refractivity contribution is -0.141. The number of nitrogens with one attached hydrogen (secondary N) is 1. The van der Waals surface area contributed by atoms with Crippen LogP contribution in [0.5, 0.6) is 0 Å². The maximum absolute atomic E-state index is 13.4. The molecule has 2 amide bonds. The molecule has 0 fully saturated rings. The monoisotopic (exact) mass is 553 g/mol. The molecule has 0 bridgehead atoms. The summed E-state index contributed by atoms with van der Waals surface area (Å²) in [5.74, 6) is -0.903. The lowest BCUT2D eigenvalue weighted by Gasteiger charge is -2.31. The van der Waals surface area contributed by atoms with Gasteiger partial charge in [-0.15, -0.1) is 0 Å². The van der Waals surface area contributed by atoms with Crippen molar-refractivity contribution in [1.29, 1.82) is 0 Å². The molecule has 0 saturated carbocycles. The first-order valence-corrected chi connectivity index (χ1v) is 14.8. The van der Waals surface area contributed by atoms with E-state index >= 15 is 0 Å². The zero-order chi connectivity index (χ0) is 27.6. The van der Waals surface area contributed by atoms with Crippen molar-refractivity contribution in [2.24, 2.45) is 0 Å². The zero-order valence-corrected chi connectivity index (χ0v) is 23.5. The SMILES string of the molecule is CCCCNC(=O)[C@@H](CC)N(Cc1ccc(F)cc1)C(=O)CCCN(c1cccc(Cl)c1C)S(C)(=O)=O. The minimum atomic E-state index is -3.63. The number of hydrogen-bond donors (Lipinski definition) is 1. The van der Waals surface area contributed by atoms with Crippen molar-refractivity contribution in [3.63, 3.8) is 0 Å². The van der Waals surface area contributed by atoms with Crippen molar-refractivity contribution in [2.75, 3.05) is 23.7 Å². The number of benzene rings is 2. The highest BCUT2D eigenvalue weighted by molar-refractivity contribution is 7.92. The summed E-state index contributed by atoms with van der Waals surface area (Å²) in [5, 5.41) is 3.35. The summed E-state index contributed by atoms with van der Waals surface area (Å²) in [5.41, 5.74) is 1.79. The van der Waals surface area contributed by atoms with Crippen LogP contribution in [-0.4, -0.2) is 50.5 Å². The molecule has 2 aromatic rings.